The standard InChI is InChI=1S/C15H11F5N2O/c16-14(17)23-11-7-5-10(6-8-11)9-21-22-13-4-2-1-3-12(13)15(18,19)20/h1-9,14,22H/b21-9+. The molecule has 0 bridgehead atoms. The molecule has 0 aliphatic rings. The molecule has 0 heterocycles. The first kappa shape index (κ1) is 16.7. The third-order valence-electron chi connectivity index (χ3n) is 2.74. The van der Waals surface area contributed by atoms with Crippen molar-refractivity contribution in [2.75, 3.05) is 5.43 Å². The normalized spacial score (nSPS) is 11.9. The van der Waals surface area contributed by atoms with Gasteiger partial charge >= 0.3 is 12.8 Å². The fourth-order valence-corrected chi connectivity index (χ4v) is 1.74. The molecule has 2 aromatic rings. The SMILES string of the molecule is FC(F)Oc1ccc(/C=N/Nc2ccccc2C(F)(F)F)cc1. The molecule has 0 amide bonds. The third kappa shape index (κ3) is 4.94. The average Bonchev–Trinajstić information content (AvgIpc) is 2.48. The number of hydrogen-bond donors (Lipinski definition) is 1. The van der Waals surface area contributed by atoms with Crippen molar-refractivity contribution >= 4 is 11.9 Å². The molecule has 3 nitrogen and oxygen atoms in total. The maximum Gasteiger partial charge on any atom is 0.418 e. The molecular formula is C15H11F5N2O. The number of hydrogen-bond acceptors (Lipinski definition) is 3. The number of rotatable bonds is 5. The molecule has 2 rings (SSSR count). The highest BCUT2D eigenvalue weighted by Gasteiger charge is 2.33. The largest absolute Gasteiger partial charge is 0.435 e. The van der Waals surface area contributed by atoms with Crippen LogP contribution in [-0.2, 0) is 6.18 Å². The van der Waals surface area contributed by atoms with E-state index in [4.69, 9.17) is 0 Å². The Kier molecular flexibility index (Phi) is 5.15. The van der Waals surface area contributed by atoms with Crippen molar-refractivity contribution < 1.29 is 26.7 Å². The number of para-hydroxylation sites is 1. The summed E-state index contributed by atoms with van der Waals surface area (Å²) in [5, 5.41) is 3.71. The Labute approximate surface area is 128 Å². The number of nitrogens with zero attached hydrogens (tertiary/aromatic N) is 1. The number of nitrogens with one attached hydrogen (secondary N) is 1. The Morgan fingerprint density at radius 3 is 2.26 bits per heavy atom. The zero-order valence-electron chi connectivity index (χ0n) is 11.5. The van der Waals surface area contributed by atoms with E-state index in [0.29, 0.717) is 5.56 Å². The van der Waals surface area contributed by atoms with Crippen LogP contribution in [0.3, 0.4) is 0 Å². The molecule has 1 N–H and O–H groups in total. The topological polar surface area (TPSA) is 33.6 Å². The van der Waals surface area contributed by atoms with Crippen LogP contribution in [-0.4, -0.2) is 12.8 Å². The number of alkyl halides is 5. The van der Waals surface area contributed by atoms with Crippen molar-refractivity contribution in [3.05, 3.63) is 59.7 Å². The summed E-state index contributed by atoms with van der Waals surface area (Å²) in [4.78, 5) is 0. The average molecular weight is 330 g/mol. The van der Waals surface area contributed by atoms with Crippen molar-refractivity contribution in [1.82, 2.24) is 0 Å². The van der Waals surface area contributed by atoms with Crippen LogP contribution in [0.5, 0.6) is 5.75 Å². The number of halogens is 5. The lowest BCUT2D eigenvalue weighted by Crippen LogP contribution is -2.08. The lowest BCUT2D eigenvalue weighted by molar-refractivity contribution is -0.137. The molecule has 0 aliphatic carbocycles. The zero-order valence-corrected chi connectivity index (χ0v) is 11.5. The summed E-state index contributed by atoms with van der Waals surface area (Å²) < 4.78 is 66.5. The molecule has 0 saturated carbocycles. The van der Waals surface area contributed by atoms with Gasteiger partial charge in [-0.05, 0) is 42.0 Å². The Bertz CT molecular complexity index is 668. The minimum Gasteiger partial charge on any atom is -0.435 e. The first-order valence-corrected chi connectivity index (χ1v) is 6.36. The van der Waals surface area contributed by atoms with Gasteiger partial charge in [0, 0.05) is 0 Å². The van der Waals surface area contributed by atoms with Gasteiger partial charge in [-0.2, -0.15) is 27.1 Å². The van der Waals surface area contributed by atoms with Gasteiger partial charge < -0.3 is 4.74 Å². The lowest BCUT2D eigenvalue weighted by atomic mass is 10.2. The summed E-state index contributed by atoms with van der Waals surface area (Å²) in [5.74, 6) is -0.0208. The maximum atomic E-state index is 12.8. The number of hydrazone groups is 1. The Morgan fingerprint density at radius 1 is 1.00 bits per heavy atom. The molecule has 0 aromatic heterocycles. The zero-order chi connectivity index (χ0) is 16.9. The van der Waals surface area contributed by atoms with Gasteiger partial charge in [0.1, 0.15) is 5.75 Å². The summed E-state index contributed by atoms with van der Waals surface area (Å²) in [6.45, 7) is -2.92. The number of benzene rings is 2. The van der Waals surface area contributed by atoms with E-state index in [1.54, 1.807) is 0 Å². The molecule has 122 valence electrons. The Morgan fingerprint density at radius 2 is 1.65 bits per heavy atom. The molecule has 0 aliphatic heterocycles. The summed E-state index contributed by atoms with van der Waals surface area (Å²) in [6, 6.07) is 10.4. The van der Waals surface area contributed by atoms with E-state index in [2.05, 4.69) is 15.3 Å². The fraction of sp³-hybridized carbons (Fsp3) is 0.133. The van der Waals surface area contributed by atoms with E-state index in [0.717, 1.165) is 6.07 Å². The molecule has 23 heavy (non-hydrogen) atoms. The minimum absolute atomic E-state index is 0.0208. The van der Waals surface area contributed by atoms with E-state index in [1.165, 1.54) is 48.7 Å². The van der Waals surface area contributed by atoms with E-state index >= 15 is 0 Å². The molecule has 0 spiro atoms. The quantitative estimate of drug-likeness (QED) is 0.487. The number of ether oxygens (including phenoxy) is 1. The van der Waals surface area contributed by atoms with Gasteiger partial charge in [-0.3, -0.25) is 5.43 Å². The van der Waals surface area contributed by atoms with E-state index < -0.39 is 18.4 Å². The van der Waals surface area contributed by atoms with Crippen molar-refractivity contribution in [3.63, 3.8) is 0 Å². The van der Waals surface area contributed by atoms with Crippen molar-refractivity contribution in [3.8, 4) is 5.75 Å². The van der Waals surface area contributed by atoms with Gasteiger partial charge in [0.2, 0.25) is 0 Å². The minimum atomic E-state index is -4.49. The van der Waals surface area contributed by atoms with Gasteiger partial charge in [-0.1, -0.05) is 12.1 Å². The van der Waals surface area contributed by atoms with Crippen molar-refractivity contribution in [2.45, 2.75) is 12.8 Å². The molecule has 0 atom stereocenters. The Hall–Kier alpha value is -2.64. The van der Waals surface area contributed by atoms with Crippen LogP contribution >= 0.6 is 0 Å². The summed E-state index contributed by atoms with van der Waals surface area (Å²) in [6.07, 6.45) is -3.23. The highest BCUT2D eigenvalue weighted by atomic mass is 19.4. The summed E-state index contributed by atoms with van der Waals surface area (Å²) >= 11 is 0. The van der Waals surface area contributed by atoms with Crippen molar-refractivity contribution in [2.24, 2.45) is 5.10 Å². The predicted octanol–water partition coefficient (Wildman–Crippen LogP) is 4.75. The smallest absolute Gasteiger partial charge is 0.418 e. The first-order valence-electron chi connectivity index (χ1n) is 6.36. The van der Waals surface area contributed by atoms with Gasteiger partial charge in [0.15, 0.2) is 0 Å². The predicted molar refractivity (Wildman–Crippen MR) is 75.7 cm³/mol. The summed E-state index contributed by atoms with van der Waals surface area (Å²) in [5.41, 5.74) is 1.80. The maximum absolute atomic E-state index is 12.8. The van der Waals surface area contributed by atoms with Gasteiger partial charge in [0.25, 0.3) is 0 Å². The van der Waals surface area contributed by atoms with Crippen LogP contribution in [0.25, 0.3) is 0 Å². The van der Waals surface area contributed by atoms with Crippen LogP contribution < -0.4 is 10.2 Å². The first-order chi connectivity index (χ1) is 10.9. The van der Waals surface area contributed by atoms with Gasteiger partial charge in [-0.15, -0.1) is 0 Å². The molecule has 0 radical (unpaired) electrons. The van der Waals surface area contributed by atoms with Gasteiger partial charge in [-0.25, -0.2) is 0 Å². The third-order valence-corrected chi connectivity index (χ3v) is 2.74. The molecule has 0 saturated heterocycles. The molecule has 8 heteroatoms. The van der Waals surface area contributed by atoms with E-state index in [1.807, 2.05) is 0 Å². The Balaban J connectivity index is 2.05. The van der Waals surface area contributed by atoms with Gasteiger partial charge in [0.05, 0.1) is 17.5 Å². The second kappa shape index (κ2) is 7.08. The van der Waals surface area contributed by atoms with Crippen LogP contribution in [0.15, 0.2) is 53.6 Å². The molecular weight excluding hydrogens is 319 g/mol. The fourth-order valence-electron chi connectivity index (χ4n) is 1.74. The van der Waals surface area contributed by atoms with Crippen LogP contribution in [0, 0.1) is 0 Å². The summed E-state index contributed by atoms with van der Waals surface area (Å²) in [7, 11) is 0. The van der Waals surface area contributed by atoms with E-state index in [9.17, 15) is 22.0 Å². The van der Waals surface area contributed by atoms with E-state index in [-0.39, 0.29) is 11.4 Å². The van der Waals surface area contributed by atoms with Crippen LogP contribution in [0.1, 0.15) is 11.1 Å². The second-order valence-corrected chi connectivity index (χ2v) is 4.36. The number of anilines is 1. The second-order valence-electron chi connectivity index (χ2n) is 4.36. The van der Waals surface area contributed by atoms with Crippen LogP contribution in [0.2, 0.25) is 0 Å². The lowest BCUT2D eigenvalue weighted by Gasteiger charge is -2.11. The molecule has 0 unspecified atom stereocenters. The van der Waals surface area contributed by atoms with Crippen molar-refractivity contribution in [1.29, 1.82) is 0 Å². The molecule has 2 aromatic carbocycles. The highest BCUT2D eigenvalue weighted by molar-refractivity contribution is 5.80. The molecule has 0 fully saturated rings. The monoisotopic (exact) mass is 330 g/mol. The highest BCUT2D eigenvalue weighted by Crippen LogP contribution is 2.34. The van der Waals surface area contributed by atoms with Crippen LogP contribution in [0.4, 0.5) is 27.6 Å².